The van der Waals surface area contributed by atoms with Crippen LogP contribution in [0.2, 0.25) is 0 Å². The Kier molecular flexibility index (Phi) is 4.05. The van der Waals surface area contributed by atoms with Crippen LogP contribution >= 0.6 is 23.1 Å². The monoisotopic (exact) mass is 335 g/mol. The van der Waals surface area contributed by atoms with E-state index in [-0.39, 0.29) is 0 Å². The second-order valence-corrected chi connectivity index (χ2v) is 6.85. The summed E-state index contributed by atoms with van der Waals surface area (Å²) >= 11 is 3.40. The van der Waals surface area contributed by atoms with Gasteiger partial charge in [-0.25, -0.2) is 9.97 Å². The van der Waals surface area contributed by atoms with Crippen LogP contribution in [0.3, 0.4) is 0 Å². The fraction of sp³-hybridized carbons (Fsp3) is 0.0556. The van der Waals surface area contributed by atoms with Crippen molar-refractivity contribution in [2.45, 2.75) is 10.8 Å². The van der Waals surface area contributed by atoms with Crippen LogP contribution in [0.25, 0.3) is 21.3 Å². The van der Waals surface area contributed by atoms with E-state index < -0.39 is 0 Å². The average Bonchev–Trinajstić information content (AvgIpc) is 3.06. The minimum atomic E-state index is 0.851. The lowest BCUT2D eigenvalue weighted by atomic mass is 10.1. The van der Waals surface area contributed by atoms with E-state index in [4.69, 9.17) is 0 Å². The largest absolute Gasteiger partial charge is 0.264 e. The molecule has 0 fully saturated rings. The smallest absolute Gasteiger partial charge is 0.128 e. The van der Waals surface area contributed by atoms with Crippen molar-refractivity contribution in [3.05, 3.63) is 72.1 Å². The van der Waals surface area contributed by atoms with Crippen molar-refractivity contribution >= 4 is 33.3 Å². The van der Waals surface area contributed by atoms with E-state index in [1.807, 2.05) is 18.3 Å². The van der Waals surface area contributed by atoms with E-state index in [0.717, 1.165) is 21.0 Å². The highest BCUT2D eigenvalue weighted by Gasteiger charge is 2.13. The summed E-state index contributed by atoms with van der Waals surface area (Å²) in [4.78, 5) is 14.1. The van der Waals surface area contributed by atoms with Gasteiger partial charge in [0.1, 0.15) is 16.2 Å². The molecule has 3 aromatic heterocycles. The van der Waals surface area contributed by atoms with Gasteiger partial charge in [-0.1, -0.05) is 36.4 Å². The molecule has 0 bridgehead atoms. The predicted octanol–water partition coefficient (Wildman–Crippen LogP) is 5.05. The van der Waals surface area contributed by atoms with Gasteiger partial charge < -0.3 is 0 Å². The van der Waals surface area contributed by atoms with Gasteiger partial charge in [-0.05, 0) is 17.2 Å². The van der Waals surface area contributed by atoms with Crippen LogP contribution in [0, 0.1) is 0 Å². The first kappa shape index (κ1) is 14.4. The first-order valence-electron chi connectivity index (χ1n) is 7.21. The summed E-state index contributed by atoms with van der Waals surface area (Å²) < 4.78 is 0. The normalized spacial score (nSPS) is 11.0. The maximum absolute atomic E-state index is 4.52. The number of hydrogen-bond acceptors (Lipinski definition) is 5. The van der Waals surface area contributed by atoms with E-state index in [9.17, 15) is 0 Å². The summed E-state index contributed by atoms with van der Waals surface area (Å²) in [6.07, 6.45) is 5.35. The van der Waals surface area contributed by atoms with Crippen LogP contribution < -0.4 is 0 Å². The topological polar surface area (TPSA) is 38.7 Å². The second-order valence-electron chi connectivity index (χ2n) is 5.02. The number of thiophene rings is 1. The fourth-order valence-electron chi connectivity index (χ4n) is 2.42. The van der Waals surface area contributed by atoms with Crippen molar-refractivity contribution in [2.75, 3.05) is 0 Å². The Labute approximate surface area is 142 Å². The Bertz CT molecular complexity index is 921. The van der Waals surface area contributed by atoms with Gasteiger partial charge in [0.25, 0.3) is 0 Å². The number of rotatable bonds is 4. The number of pyridine rings is 1. The molecule has 1 aromatic carbocycles. The quantitative estimate of drug-likeness (QED) is 0.386. The fourth-order valence-corrected chi connectivity index (χ4v) is 4.35. The zero-order chi connectivity index (χ0) is 15.5. The van der Waals surface area contributed by atoms with Gasteiger partial charge >= 0.3 is 0 Å². The Hall–Kier alpha value is -2.24. The number of thioether (sulfide) groups is 1. The molecule has 0 aliphatic rings. The SMILES string of the molecule is c1ccc(-c2csc3ncnc(SCc4cccnc4)c23)cc1. The highest BCUT2D eigenvalue weighted by molar-refractivity contribution is 7.98. The van der Waals surface area contributed by atoms with E-state index in [0.29, 0.717) is 0 Å². The summed E-state index contributed by atoms with van der Waals surface area (Å²) in [5, 5.41) is 4.35. The van der Waals surface area contributed by atoms with Crippen molar-refractivity contribution < 1.29 is 0 Å². The molecule has 23 heavy (non-hydrogen) atoms. The zero-order valence-corrected chi connectivity index (χ0v) is 13.8. The summed E-state index contributed by atoms with van der Waals surface area (Å²) in [6.45, 7) is 0. The number of nitrogens with zero attached hydrogens (tertiary/aromatic N) is 3. The number of hydrogen-bond donors (Lipinski definition) is 0. The van der Waals surface area contributed by atoms with Crippen LogP contribution in [-0.2, 0) is 5.75 Å². The molecule has 0 N–H and O–H groups in total. The first-order valence-corrected chi connectivity index (χ1v) is 9.07. The Morgan fingerprint density at radius 2 is 1.91 bits per heavy atom. The van der Waals surface area contributed by atoms with Crippen LogP contribution in [0.4, 0.5) is 0 Å². The molecule has 0 amide bonds. The third-order valence-electron chi connectivity index (χ3n) is 3.52. The van der Waals surface area contributed by atoms with E-state index in [1.54, 1.807) is 35.6 Å². The molecule has 3 heterocycles. The molecule has 0 aliphatic carbocycles. The van der Waals surface area contributed by atoms with Gasteiger partial charge in [0.2, 0.25) is 0 Å². The summed E-state index contributed by atoms with van der Waals surface area (Å²) in [7, 11) is 0. The van der Waals surface area contributed by atoms with Crippen molar-refractivity contribution in [1.82, 2.24) is 15.0 Å². The van der Waals surface area contributed by atoms with Gasteiger partial charge in [0.15, 0.2) is 0 Å². The zero-order valence-electron chi connectivity index (χ0n) is 12.2. The van der Waals surface area contributed by atoms with Crippen LogP contribution in [0.5, 0.6) is 0 Å². The molecule has 3 nitrogen and oxygen atoms in total. The highest BCUT2D eigenvalue weighted by Crippen LogP contribution is 2.38. The van der Waals surface area contributed by atoms with E-state index in [2.05, 4.69) is 50.7 Å². The second kappa shape index (κ2) is 6.48. The third-order valence-corrected chi connectivity index (χ3v) is 5.47. The molecule has 112 valence electrons. The van der Waals surface area contributed by atoms with Crippen LogP contribution in [0.15, 0.2) is 71.6 Å². The molecular formula is C18H13N3S2. The first-order chi connectivity index (χ1) is 11.4. The molecule has 0 unspecified atom stereocenters. The van der Waals surface area contributed by atoms with Gasteiger partial charge in [0.05, 0.1) is 5.39 Å². The number of aromatic nitrogens is 3. The Morgan fingerprint density at radius 1 is 1.00 bits per heavy atom. The van der Waals surface area contributed by atoms with Gasteiger partial charge in [-0.2, -0.15) is 0 Å². The molecule has 4 rings (SSSR count). The summed E-state index contributed by atoms with van der Waals surface area (Å²) in [6, 6.07) is 14.5. The molecule has 0 radical (unpaired) electrons. The molecular weight excluding hydrogens is 322 g/mol. The van der Waals surface area contributed by atoms with Crippen LogP contribution in [0.1, 0.15) is 5.56 Å². The molecule has 5 heteroatoms. The molecule has 0 aliphatic heterocycles. The maximum atomic E-state index is 4.52. The lowest BCUT2D eigenvalue weighted by molar-refractivity contribution is 1.11. The highest BCUT2D eigenvalue weighted by atomic mass is 32.2. The number of fused-ring (bicyclic) bond motifs is 1. The molecule has 0 atom stereocenters. The van der Waals surface area contributed by atoms with Crippen molar-refractivity contribution in [2.24, 2.45) is 0 Å². The molecule has 0 saturated carbocycles. The standard InChI is InChI=1S/C18H13N3S2/c1-2-6-14(7-3-1)15-11-23-18-16(15)17(20-12-21-18)22-10-13-5-4-8-19-9-13/h1-9,11-12H,10H2. The Morgan fingerprint density at radius 3 is 2.74 bits per heavy atom. The average molecular weight is 335 g/mol. The molecule has 4 aromatic rings. The van der Waals surface area contributed by atoms with Crippen molar-refractivity contribution in [3.8, 4) is 11.1 Å². The Balaban J connectivity index is 1.73. The van der Waals surface area contributed by atoms with Crippen molar-refractivity contribution in [3.63, 3.8) is 0 Å². The maximum Gasteiger partial charge on any atom is 0.128 e. The minimum absolute atomic E-state index is 0.851. The van der Waals surface area contributed by atoms with E-state index in [1.165, 1.54) is 16.7 Å². The summed E-state index contributed by atoms with van der Waals surface area (Å²) in [5.74, 6) is 0.851. The summed E-state index contributed by atoms with van der Waals surface area (Å²) in [5.41, 5.74) is 3.61. The van der Waals surface area contributed by atoms with Gasteiger partial charge in [-0.3, -0.25) is 4.98 Å². The van der Waals surface area contributed by atoms with Crippen LogP contribution in [-0.4, -0.2) is 15.0 Å². The minimum Gasteiger partial charge on any atom is -0.264 e. The van der Waals surface area contributed by atoms with Gasteiger partial charge in [0, 0.05) is 29.1 Å². The molecule has 0 spiro atoms. The lowest BCUT2D eigenvalue weighted by Gasteiger charge is -2.05. The lowest BCUT2D eigenvalue weighted by Crippen LogP contribution is -1.87. The number of benzene rings is 1. The molecule has 0 saturated heterocycles. The van der Waals surface area contributed by atoms with Gasteiger partial charge in [-0.15, -0.1) is 23.1 Å². The predicted molar refractivity (Wildman–Crippen MR) is 96.6 cm³/mol. The van der Waals surface area contributed by atoms with E-state index >= 15 is 0 Å². The van der Waals surface area contributed by atoms with Crippen molar-refractivity contribution in [1.29, 1.82) is 0 Å². The third kappa shape index (κ3) is 2.98.